The zero-order valence-electron chi connectivity index (χ0n) is 14.0. The van der Waals surface area contributed by atoms with Crippen LogP contribution in [-0.4, -0.2) is 28.3 Å². The van der Waals surface area contributed by atoms with Gasteiger partial charge in [0.25, 0.3) is 0 Å². The molecular formula is C21H22N2O. The first-order valence-electron chi connectivity index (χ1n) is 8.66. The Bertz CT molecular complexity index is 894. The molecule has 3 aromatic rings. The predicted octanol–water partition coefficient (Wildman–Crippen LogP) is 3.90. The number of carbonyl (C=O) groups is 1. The number of nitrogens with zero attached hydrogens (tertiary/aromatic N) is 2. The second-order valence-corrected chi connectivity index (χ2v) is 6.50. The molecule has 1 aromatic heterocycles. The zero-order valence-corrected chi connectivity index (χ0v) is 14.0. The van der Waals surface area contributed by atoms with Gasteiger partial charge in [0.2, 0.25) is 0 Å². The van der Waals surface area contributed by atoms with E-state index in [0.29, 0.717) is 6.54 Å². The van der Waals surface area contributed by atoms with Crippen molar-refractivity contribution in [3.05, 3.63) is 71.4 Å². The molecule has 0 bridgehead atoms. The van der Waals surface area contributed by atoms with Gasteiger partial charge in [-0.2, -0.15) is 0 Å². The van der Waals surface area contributed by atoms with Gasteiger partial charge in [-0.1, -0.05) is 42.5 Å². The number of hydrogen-bond donors (Lipinski definition) is 0. The molecule has 122 valence electrons. The Labute approximate surface area is 142 Å². The van der Waals surface area contributed by atoms with Gasteiger partial charge in [-0.25, -0.2) is 0 Å². The lowest BCUT2D eigenvalue weighted by Crippen LogP contribution is -2.34. The van der Waals surface area contributed by atoms with E-state index in [2.05, 4.69) is 52.8 Å². The molecule has 0 N–H and O–H groups in total. The van der Waals surface area contributed by atoms with E-state index in [1.54, 1.807) is 0 Å². The van der Waals surface area contributed by atoms with Crippen molar-refractivity contribution in [3.63, 3.8) is 0 Å². The summed E-state index contributed by atoms with van der Waals surface area (Å²) in [5.74, 6) is 0.220. The molecule has 3 heteroatoms. The highest BCUT2D eigenvalue weighted by Crippen LogP contribution is 2.23. The van der Waals surface area contributed by atoms with E-state index < -0.39 is 0 Å². The Hall–Kier alpha value is -2.39. The van der Waals surface area contributed by atoms with Gasteiger partial charge in [-0.3, -0.25) is 9.69 Å². The molecule has 2 aromatic carbocycles. The highest BCUT2D eigenvalue weighted by Gasteiger charge is 2.21. The van der Waals surface area contributed by atoms with Crippen LogP contribution in [-0.2, 0) is 19.5 Å². The smallest absolute Gasteiger partial charge is 0.178 e. The van der Waals surface area contributed by atoms with Crippen LogP contribution in [0.1, 0.15) is 28.4 Å². The number of hydrogen-bond acceptors (Lipinski definition) is 2. The van der Waals surface area contributed by atoms with Gasteiger partial charge in [-0.15, -0.1) is 0 Å². The third-order valence-corrected chi connectivity index (χ3v) is 5.01. The fraction of sp³-hybridized carbons (Fsp3) is 0.286. The van der Waals surface area contributed by atoms with E-state index in [-0.39, 0.29) is 5.78 Å². The molecule has 1 aliphatic rings. The topological polar surface area (TPSA) is 25.2 Å². The number of carbonyl (C=O) groups excluding carboxylic acids is 1. The second-order valence-electron chi connectivity index (χ2n) is 6.50. The maximum Gasteiger partial charge on any atom is 0.178 e. The van der Waals surface area contributed by atoms with E-state index in [9.17, 15) is 4.79 Å². The zero-order chi connectivity index (χ0) is 16.5. The quantitative estimate of drug-likeness (QED) is 0.682. The Morgan fingerprint density at radius 1 is 1.04 bits per heavy atom. The standard InChI is InChI=1S/C21H22N2O/c1-2-23-14-19(18-9-5-6-10-20(18)23)21(24)15-22-12-11-16-7-3-4-8-17(16)13-22/h3-10,14H,2,11-13,15H2,1H3. The molecule has 2 heterocycles. The highest BCUT2D eigenvalue weighted by atomic mass is 16.1. The first-order chi connectivity index (χ1) is 11.8. The van der Waals surface area contributed by atoms with Crippen molar-refractivity contribution in [2.45, 2.75) is 26.4 Å². The van der Waals surface area contributed by atoms with Gasteiger partial charge < -0.3 is 4.57 Å². The number of para-hydroxylation sites is 1. The number of Topliss-reactive ketones (excluding diaryl/α,β-unsaturated/α-hetero) is 1. The third-order valence-electron chi connectivity index (χ3n) is 5.01. The Kier molecular flexibility index (Phi) is 3.95. The number of ketones is 1. The number of aromatic nitrogens is 1. The number of benzene rings is 2. The van der Waals surface area contributed by atoms with Crippen LogP contribution in [0.25, 0.3) is 10.9 Å². The van der Waals surface area contributed by atoms with Gasteiger partial charge in [0, 0.05) is 42.3 Å². The minimum atomic E-state index is 0.220. The van der Waals surface area contributed by atoms with E-state index >= 15 is 0 Å². The number of fused-ring (bicyclic) bond motifs is 2. The summed E-state index contributed by atoms with van der Waals surface area (Å²) in [7, 11) is 0. The normalized spacial score (nSPS) is 14.7. The lowest BCUT2D eigenvalue weighted by molar-refractivity contribution is 0.0923. The van der Waals surface area contributed by atoms with Crippen molar-refractivity contribution in [2.75, 3.05) is 13.1 Å². The summed E-state index contributed by atoms with van der Waals surface area (Å²) >= 11 is 0. The molecule has 0 radical (unpaired) electrons. The van der Waals surface area contributed by atoms with Crippen LogP contribution < -0.4 is 0 Å². The average Bonchev–Trinajstić information content (AvgIpc) is 3.00. The fourth-order valence-electron chi connectivity index (χ4n) is 3.71. The molecule has 0 unspecified atom stereocenters. The highest BCUT2D eigenvalue weighted by molar-refractivity contribution is 6.09. The molecule has 0 saturated heterocycles. The third kappa shape index (κ3) is 2.65. The lowest BCUT2D eigenvalue weighted by atomic mass is 9.99. The summed E-state index contributed by atoms with van der Waals surface area (Å²) < 4.78 is 2.16. The van der Waals surface area contributed by atoms with E-state index in [1.807, 2.05) is 18.3 Å². The van der Waals surface area contributed by atoms with Crippen molar-refractivity contribution in [1.82, 2.24) is 9.47 Å². The molecule has 0 aliphatic carbocycles. The first kappa shape index (κ1) is 15.2. The molecule has 3 nitrogen and oxygen atoms in total. The maximum absolute atomic E-state index is 12.9. The first-order valence-corrected chi connectivity index (χ1v) is 8.66. The van der Waals surface area contributed by atoms with Crippen molar-refractivity contribution in [3.8, 4) is 0 Å². The van der Waals surface area contributed by atoms with Crippen molar-refractivity contribution in [2.24, 2.45) is 0 Å². The number of aryl methyl sites for hydroxylation is 1. The molecule has 4 rings (SSSR count). The predicted molar refractivity (Wildman–Crippen MR) is 97.4 cm³/mol. The minimum Gasteiger partial charge on any atom is -0.347 e. The number of rotatable bonds is 4. The molecule has 24 heavy (non-hydrogen) atoms. The van der Waals surface area contributed by atoms with Gasteiger partial charge in [0.15, 0.2) is 5.78 Å². The maximum atomic E-state index is 12.9. The Morgan fingerprint density at radius 3 is 2.62 bits per heavy atom. The van der Waals surface area contributed by atoms with Crippen LogP contribution in [0.2, 0.25) is 0 Å². The summed E-state index contributed by atoms with van der Waals surface area (Å²) in [6.45, 7) is 5.31. The van der Waals surface area contributed by atoms with Gasteiger partial charge in [0.1, 0.15) is 0 Å². The molecule has 0 saturated carbocycles. The molecule has 0 fully saturated rings. The summed E-state index contributed by atoms with van der Waals surface area (Å²) in [6, 6.07) is 16.7. The summed E-state index contributed by atoms with van der Waals surface area (Å²) in [5, 5.41) is 1.07. The van der Waals surface area contributed by atoms with E-state index in [0.717, 1.165) is 42.5 Å². The van der Waals surface area contributed by atoms with E-state index in [4.69, 9.17) is 0 Å². The van der Waals surface area contributed by atoms with Gasteiger partial charge >= 0.3 is 0 Å². The monoisotopic (exact) mass is 318 g/mol. The van der Waals surface area contributed by atoms with Gasteiger partial charge in [-0.05, 0) is 30.5 Å². The molecule has 0 atom stereocenters. The van der Waals surface area contributed by atoms with Crippen LogP contribution in [0.3, 0.4) is 0 Å². The van der Waals surface area contributed by atoms with Crippen molar-refractivity contribution < 1.29 is 4.79 Å². The van der Waals surface area contributed by atoms with E-state index in [1.165, 1.54) is 11.1 Å². The molecule has 1 aliphatic heterocycles. The molecule has 0 spiro atoms. The van der Waals surface area contributed by atoms with Crippen LogP contribution in [0.15, 0.2) is 54.7 Å². The van der Waals surface area contributed by atoms with Crippen LogP contribution in [0.4, 0.5) is 0 Å². The SMILES string of the molecule is CCn1cc(C(=O)CN2CCc3ccccc3C2)c2ccccc21. The van der Waals surface area contributed by atoms with Gasteiger partial charge in [0.05, 0.1) is 6.54 Å². The molecular weight excluding hydrogens is 296 g/mol. The summed E-state index contributed by atoms with van der Waals surface area (Å²) in [5.41, 5.74) is 4.77. The summed E-state index contributed by atoms with van der Waals surface area (Å²) in [6.07, 6.45) is 3.05. The Balaban J connectivity index is 1.57. The van der Waals surface area contributed by atoms with Crippen molar-refractivity contribution in [1.29, 1.82) is 0 Å². The summed E-state index contributed by atoms with van der Waals surface area (Å²) in [4.78, 5) is 15.2. The second kappa shape index (κ2) is 6.25. The largest absolute Gasteiger partial charge is 0.347 e. The van der Waals surface area contributed by atoms with Crippen LogP contribution in [0, 0.1) is 0 Å². The lowest BCUT2D eigenvalue weighted by Gasteiger charge is -2.27. The minimum absolute atomic E-state index is 0.220. The van der Waals surface area contributed by atoms with Crippen LogP contribution >= 0.6 is 0 Å². The Morgan fingerprint density at radius 2 is 1.79 bits per heavy atom. The average molecular weight is 318 g/mol. The molecule has 0 amide bonds. The fourth-order valence-corrected chi connectivity index (χ4v) is 3.71. The van der Waals surface area contributed by atoms with Crippen molar-refractivity contribution >= 4 is 16.7 Å². The van der Waals surface area contributed by atoms with Crippen LogP contribution in [0.5, 0.6) is 0 Å².